The molecule has 0 saturated heterocycles. The van der Waals surface area contributed by atoms with Gasteiger partial charge in [0.2, 0.25) is 0 Å². The predicted molar refractivity (Wildman–Crippen MR) is 118 cm³/mol. The van der Waals surface area contributed by atoms with Crippen LogP contribution in [-0.4, -0.2) is 20.7 Å². The number of aromatic nitrogens is 3. The number of hydrogen-bond donors (Lipinski definition) is 1. The van der Waals surface area contributed by atoms with Gasteiger partial charge >= 0.3 is 0 Å². The second-order valence-corrected chi connectivity index (χ2v) is 7.97. The van der Waals surface area contributed by atoms with Gasteiger partial charge in [0.1, 0.15) is 5.01 Å². The van der Waals surface area contributed by atoms with E-state index in [-0.39, 0.29) is 5.91 Å². The molecule has 4 rings (SSSR count). The summed E-state index contributed by atoms with van der Waals surface area (Å²) in [4.78, 5) is 17.2. The van der Waals surface area contributed by atoms with Crippen LogP contribution in [0.2, 0.25) is 5.02 Å². The van der Waals surface area contributed by atoms with Crippen LogP contribution in [0.1, 0.15) is 27.3 Å². The van der Waals surface area contributed by atoms with E-state index in [1.807, 2.05) is 72.4 Å². The predicted octanol–water partition coefficient (Wildman–Crippen LogP) is 5.58. The third kappa shape index (κ3) is 4.09. The lowest BCUT2D eigenvalue weighted by Crippen LogP contribution is -2.14. The van der Waals surface area contributed by atoms with Crippen LogP contribution in [0, 0.1) is 13.8 Å². The summed E-state index contributed by atoms with van der Waals surface area (Å²) in [5.74, 6) is -0.174. The highest BCUT2D eigenvalue weighted by molar-refractivity contribution is 7.13. The number of nitrogens with zero attached hydrogens (tertiary/aromatic N) is 3. The molecule has 0 aliphatic carbocycles. The van der Waals surface area contributed by atoms with Gasteiger partial charge < -0.3 is 5.32 Å². The van der Waals surface area contributed by atoms with Gasteiger partial charge in [-0.15, -0.1) is 11.3 Å². The molecular weight excluding hydrogens is 404 g/mol. The first-order valence-corrected chi connectivity index (χ1v) is 10.4. The van der Waals surface area contributed by atoms with Crippen molar-refractivity contribution in [3.8, 4) is 10.6 Å². The van der Waals surface area contributed by atoms with Crippen molar-refractivity contribution in [3.05, 3.63) is 87.6 Å². The average Bonchev–Trinajstić information content (AvgIpc) is 3.33. The first-order chi connectivity index (χ1) is 14.0. The summed E-state index contributed by atoms with van der Waals surface area (Å²) in [6.07, 6.45) is 1.78. The zero-order valence-electron chi connectivity index (χ0n) is 16.0. The molecule has 0 atom stereocenters. The molecule has 0 radical (unpaired) electrons. The summed E-state index contributed by atoms with van der Waals surface area (Å²) in [5.41, 5.74) is 4.79. The zero-order valence-corrected chi connectivity index (χ0v) is 17.6. The molecule has 29 heavy (non-hydrogen) atoms. The van der Waals surface area contributed by atoms with Crippen LogP contribution in [0.4, 0.5) is 5.69 Å². The smallest absolute Gasteiger partial charge is 0.259 e. The van der Waals surface area contributed by atoms with Gasteiger partial charge in [-0.25, -0.2) is 4.98 Å². The highest BCUT2D eigenvalue weighted by Gasteiger charge is 2.19. The van der Waals surface area contributed by atoms with Gasteiger partial charge in [-0.1, -0.05) is 29.8 Å². The molecule has 5 nitrogen and oxygen atoms in total. The fourth-order valence-corrected chi connectivity index (χ4v) is 4.06. The van der Waals surface area contributed by atoms with E-state index >= 15 is 0 Å². The molecule has 0 aliphatic rings. The van der Waals surface area contributed by atoms with Crippen molar-refractivity contribution < 1.29 is 4.79 Å². The Kier molecular flexibility index (Phi) is 5.47. The van der Waals surface area contributed by atoms with E-state index in [0.717, 1.165) is 27.5 Å². The fraction of sp³-hybridized carbons (Fsp3) is 0.136. The number of thiazole rings is 1. The Balaban J connectivity index is 1.53. The Bertz CT molecular complexity index is 1150. The summed E-state index contributed by atoms with van der Waals surface area (Å²) in [5, 5.41) is 11.1. The lowest BCUT2D eigenvalue weighted by molar-refractivity contribution is 0.102. The molecular formula is C22H19ClN4OS. The number of amides is 1. The first kappa shape index (κ1) is 19.4. The van der Waals surface area contributed by atoms with E-state index in [1.165, 1.54) is 0 Å². The summed E-state index contributed by atoms with van der Waals surface area (Å²) < 4.78 is 1.82. The van der Waals surface area contributed by atoms with Gasteiger partial charge in [0.05, 0.1) is 17.8 Å². The maximum Gasteiger partial charge on any atom is 0.259 e. The topological polar surface area (TPSA) is 59.8 Å². The second-order valence-electron chi connectivity index (χ2n) is 6.66. The molecule has 0 bridgehead atoms. The molecule has 146 valence electrons. The van der Waals surface area contributed by atoms with Crippen LogP contribution in [0.3, 0.4) is 0 Å². The van der Waals surface area contributed by atoms with E-state index < -0.39 is 0 Å². The van der Waals surface area contributed by atoms with Crippen molar-refractivity contribution in [3.63, 3.8) is 0 Å². The highest BCUT2D eigenvalue weighted by atomic mass is 35.5. The number of carbonyl (C=O) groups is 1. The number of nitrogens with one attached hydrogen (secondary N) is 1. The van der Waals surface area contributed by atoms with E-state index in [4.69, 9.17) is 11.6 Å². The minimum absolute atomic E-state index is 0.174. The molecule has 1 N–H and O–H groups in total. The summed E-state index contributed by atoms with van der Waals surface area (Å²) in [6, 6.07) is 15.3. The van der Waals surface area contributed by atoms with E-state index in [1.54, 1.807) is 17.5 Å². The van der Waals surface area contributed by atoms with Gasteiger partial charge in [-0.2, -0.15) is 5.10 Å². The Labute approximate surface area is 178 Å². The monoisotopic (exact) mass is 422 g/mol. The average molecular weight is 423 g/mol. The van der Waals surface area contributed by atoms with Crippen molar-refractivity contribution in [1.29, 1.82) is 0 Å². The van der Waals surface area contributed by atoms with Crippen LogP contribution < -0.4 is 5.32 Å². The van der Waals surface area contributed by atoms with Crippen molar-refractivity contribution >= 4 is 34.5 Å². The molecule has 0 saturated carbocycles. The minimum atomic E-state index is -0.174. The molecule has 1 amide bonds. The summed E-state index contributed by atoms with van der Waals surface area (Å²) in [7, 11) is 0. The number of carbonyl (C=O) groups excluding carboxylic acids is 1. The molecule has 0 fully saturated rings. The number of halogens is 1. The van der Waals surface area contributed by atoms with E-state index in [9.17, 15) is 4.79 Å². The second kappa shape index (κ2) is 8.19. The summed E-state index contributed by atoms with van der Waals surface area (Å²) in [6.45, 7) is 4.26. The van der Waals surface area contributed by atoms with E-state index in [0.29, 0.717) is 22.8 Å². The lowest BCUT2D eigenvalue weighted by atomic mass is 10.1. The molecule has 0 spiro atoms. The molecule has 0 aliphatic heterocycles. The van der Waals surface area contributed by atoms with Crippen LogP contribution in [0.5, 0.6) is 0 Å². The maximum atomic E-state index is 12.9. The molecule has 0 unspecified atom stereocenters. The van der Waals surface area contributed by atoms with Gasteiger partial charge in [0.15, 0.2) is 0 Å². The third-order valence-electron chi connectivity index (χ3n) is 4.71. The Hall–Kier alpha value is -2.96. The van der Waals surface area contributed by atoms with Crippen molar-refractivity contribution in [2.45, 2.75) is 20.4 Å². The molecule has 2 aromatic carbocycles. The standard InChI is InChI=1S/C22H19ClN4OS/c1-14-20(15(2)27(26-14)13-17-5-3-4-6-19(17)23)21(28)25-18-9-7-16(8-10-18)22-24-11-12-29-22/h3-12H,13H2,1-2H3,(H,25,28). The molecule has 2 aromatic heterocycles. The first-order valence-electron chi connectivity index (χ1n) is 9.11. The number of anilines is 1. The molecule has 4 aromatic rings. The SMILES string of the molecule is Cc1nn(Cc2ccccc2Cl)c(C)c1C(=O)Nc1ccc(-c2nccs2)cc1. The number of aryl methyl sites for hydroxylation is 1. The van der Waals surface area contributed by atoms with Crippen LogP contribution in [-0.2, 0) is 6.54 Å². The zero-order chi connectivity index (χ0) is 20.4. The van der Waals surface area contributed by atoms with Gasteiger partial charge in [0.25, 0.3) is 5.91 Å². The highest BCUT2D eigenvalue weighted by Crippen LogP contribution is 2.24. The van der Waals surface area contributed by atoms with Gasteiger partial charge in [-0.3, -0.25) is 9.48 Å². The quantitative estimate of drug-likeness (QED) is 0.456. The minimum Gasteiger partial charge on any atom is -0.322 e. The normalized spacial score (nSPS) is 10.9. The largest absolute Gasteiger partial charge is 0.322 e. The van der Waals surface area contributed by atoms with Crippen LogP contribution in [0.15, 0.2) is 60.1 Å². The molecule has 2 heterocycles. The lowest BCUT2D eigenvalue weighted by Gasteiger charge is -2.08. The van der Waals surface area contributed by atoms with Gasteiger partial charge in [-0.05, 0) is 49.7 Å². The fourth-order valence-electron chi connectivity index (χ4n) is 3.22. The third-order valence-corrected chi connectivity index (χ3v) is 5.90. The number of hydrogen-bond acceptors (Lipinski definition) is 4. The summed E-state index contributed by atoms with van der Waals surface area (Å²) >= 11 is 7.85. The maximum absolute atomic E-state index is 12.9. The molecule has 7 heteroatoms. The van der Waals surface area contributed by atoms with E-state index in [2.05, 4.69) is 15.4 Å². The van der Waals surface area contributed by atoms with Crippen molar-refractivity contribution in [1.82, 2.24) is 14.8 Å². The number of rotatable bonds is 5. The van der Waals surface area contributed by atoms with Gasteiger partial charge in [0, 0.05) is 33.5 Å². The van der Waals surface area contributed by atoms with Crippen molar-refractivity contribution in [2.24, 2.45) is 0 Å². The van der Waals surface area contributed by atoms with Crippen molar-refractivity contribution in [2.75, 3.05) is 5.32 Å². The Morgan fingerprint density at radius 2 is 1.90 bits per heavy atom. The van der Waals surface area contributed by atoms with Crippen LogP contribution in [0.25, 0.3) is 10.6 Å². The Morgan fingerprint density at radius 3 is 2.59 bits per heavy atom. The number of benzene rings is 2. The van der Waals surface area contributed by atoms with Crippen LogP contribution >= 0.6 is 22.9 Å². The Morgan fingerprint density at radius 1 is 1.14 bits per heavy atom.